The molecule has 68 valence electrons. The van der Waals surface area contributed by atoms with Gasteiger partial charge in [0, 0.05) is 0 Å². The number of hydrogen-bond acceptors (Lipinski definition) is 0. The quantitative estimate of drug-likeness (QED) is 0.313. The summed E-state index contributed by atoms with van der Waals surface area (Å²) in [5.41, 5.74) is 0. The number of allylic oxidation sites excluding steroid dienone is 6. The first-order valence-corrected chi connectivity index (χ1v) is 4.84. The summed E-state index contributed by atoms with van der Waals surface area (Å²) in [5, 5.41) is 0. The maximum atomic E-state index is 2.21. The van der Waals surface area contributed by atoms with Gasteiger partial charge in [-0.1, -0.05) is 49.8 Å². The molecule has 0 aliphatic rings. The second kappa shape index (κ2) is 10.2. The molecule has 0 amide bonds. The second-order valence-electron chi connectivity index (χ2n) is 2.79. The highest BCUT2D eigenvalue weighted by atomic mass is 13.8. The van der Waals surface area contributed by atoms with E-state index in [4.69, 9.17) is 0 Å². The van der Waals surface area contributed by atoms with E-state index in [-0.39, 0.29) is 0 Å². The minimum absolute atomic E-state index is 1.15. The van der Waals surface area contributed by atoms with Gasteiger partial charge in [0.15, 0.2) is 0 Å². The maximum Gasteiger partial charge on any atom is -0.0313 e. The Balaban J connectivity index is 3.24. The molecule has 0 unspecified atom stereocenters. The number of hydrogen-bond donors (Lipinski definition) is 0. The van der Waals surface area contributed by atoms with Crippen LogP contribution in [0.5, 0.6) is 0 Å². The first-order chi connectivity index (χ1) is 5.91. The van der Waals surface area contributed by atoms with Crippen LogP contribution in [0.15, 0.2) is 36.5 Å². The molecule has 0 aromatic rings. The number of unbranched alkanes of at least 4 members (excludes halogenated alkanes) is 2. The minimum Gasteiger partial charge on any atom is -0.0917 e. The Hall–Kier alpha value is -0.780. The summed E-state index contributed by atoms with van der Waals surface area (Å²) in [6.45, 7) is 4.25. The molecule has 0 saturated heterocycles. The van der Waals surface area contributed by atoms with Crippen LogP contribution in [0.2, 0.25) is 0 Å². The largest absolute Gasteiger partial charge is 0.0917 e. The molecule has 0 aromatic carbocycles. The van der Waals surface area contributed by atoms with Gasteiger partial charge < -0.3 is 0 Å². The highest BCUT2D eigenvalue weighted by Gasteiger charge is 1.73. The van der Waals surface area contributed by atoms with Crippen molar-refractivity contribution in [2.75, 3.05) is 0 Å². The van der Waals surface area contributed by atoms with Crippen molar-refractivity contribution >= 4 is 0 Å². The van der Waals surface area contributed by atoms with Crippen molar-refractivity contribution in [3.8, 4) is 0 Å². The molecular formula is C12H20. The molecule has 0 heterocycles. The van der Waals surface area contributed by atoms with Crippen molar-refractivity contribution in [1.29, 1.82) is 0 Å². The van der Waals surface area contributed by atoms with Crippen LogP contribution in [0, 0.1) is 0 Å². The molecule has 0 nitrogen and oxygen atoms in total. The fourth-order valence-electron chi connectivity index (χ4n) is 0.875. The third kappa shape index (κ3) is 9.22. The summed E-state index contributed by atoms with van der Waals surface area (Å²) in [5.74, 6) is 0. The first kappa shape index (κ1) is 11.2. The summed E-state index contributed by atoms with van der Waals surface area (Å²) in [6.07, 6.45) is 17.7. The lowest BCUT2D eigenvalue weighted by molar-refractivity contribution is 0.958. The van der Waals surface area contributed by atoms with Crippen molar-refractivity contribution in [2.24, 2.45) is 0 Å². The minimum atomic E-state index is 1.15. The topological polar surface area (TPSA) is 0 Å². The SMILES string of the molecule is C/C=C\CC/C=C/C=C/CCC. The molecule has 0 fully saturated rings. The lowest BCUT2D eigenvalue weighted by atomic mass is 10.2. The van der Waals surface area contributed by atoms with E-state index >= 15 is 0 Å². The van der Waals surface area contributed by atoms with E-state index in [9.17, 15) is 0 Å². The van der Waals surface area contributed by atoms with Crippen LogP contribution in [0.4, 0.5) is 0 Å². The zero-order valence-corrected chi connectivity index (χ0v) is 8.29. The molecule has 0 N–H and O–H groups in total. The van der Waals surface area contributed by atoms with Crippen LogP contribution in [-0.2, 0) is 0 Å². The van der Waals surface area contributed by atoms with Crippen molar-refractivity contribution in [1.82, 2.24) is 0 Å². The van der Waals surface area contributed by atoms with E-state index in [1.54, 1.807) is 0 Å². The number of rotatable bonds is 6. The van der Waals surface area contributed by atoms with Crippen LogP contribution in [0.3, 0.4) is 0 Å². The highest BCUT2D eigenvalue weighted by molar-refractivity contribution is 5.02. The van der Waals surface area contributed by atoms with Gasteiger partial charge in [-0.15, -0.1) is 0 Å². The van der Waals surface area contributed by atoms with E-state index in [1.165, 1.54) is 12.8 Å². The Labute approximate surface area is 76.7 Å². The molecule has 0 bridgehead atoms. The molecule has 0 heteroatoms. The Bertz CT molecular complexity index is 149. The summed E-state index contributed by atoms with van der Waals surface area (Å²) in [6, 6.07) is 0. The lowest BCUT2D eigenvalue weighted by Gasteiger charge is -1.84. The van der Waals surface area contributed by atoms with Gasteiger partial charge in [-0.2, -0.15) is 0 Å². The molecule has 0 aliphatic carbocycles. The standard InChI is InChI=1S/C12H20/c1-3-5-7-9-11-12-10-8-6-4-2/h3,5,8,10-12H,4,6-7,9H2,1-2H3/b5-3-,10-8+,12-11+. The van der Waals surface area contributed by atoms with Crippen LogP contribution < -0.4 is 0 Å². The molecular weight excluding hydrogens is 144 g/mol. The Morgan fingerprint density at radius 3 is 2.00 bits per heavy atom. The van der Waals surface area contributed by atoms with Gasteiger partial charge >= 0.3 is 0 Å². The summed E-state index contributed by atoms with van der Waals surface area (Å²) >= 11 is 0. The fraction of sp³-hybridized carbons (Fsp3) is 0.500. The van der Waals surface area contributed by atoms with Crippen LogP contribution in [-0.4, -0.2) is 0 Å². The van der Waals surface area contributed by atoms with E-state index in [0.29, 0.717) is 0 Å². The highest BCUT2D eigenvalue weighted by Crippen LogP contribution is 1.94. The van der Waals surface area contributed by atoms with Gasteiger partial charge in [0.25, 0.3) is 0 Å². The Morgan fingerprint density at radius 2 is 1.42 bits per heavy atom. The van der Waals surface area contributed by atoms with Crippen molar-refractivity contribution < 1.29 is 0 Å². The normalized spacial score (nSPS) is 12.5. The van der Waals surface area contributed by atoms with Crippen LogP contribution in [0.1, 0.15) is 39.5 Å². The first-order valence-electron chi connectivity index (χ1n) is 4.84. The zero-order chi connectivity index (χ0) is 9.07. The second-order valence-corrected chi connectivity index (χ2v) is 2.79. The van der Waals surface area contributed by atoms with E-state index in [0.717, 1.165) is 12.8 Å². The summed E-state index contributed by atoms with van der Waals surface area (Å²) in [7, 11) is 0. The molecule has 12 heavy (non-hydrogen) atoms. The van der Waals surface area contributed by atoms with E-state index in [2.05, 4.69) is 50.3 Å². The predicted octanol–water partition coefficient (Wildman–Crippen LogP) is 4.26. The molecule has 0 spiro atoms. The predicted molar refractivity (Wildman–Crippen MR) is 57.2 cm³/mol. The summed E-state index contributed by atoms with van der Waals surface area (Å²) in [4.78, 5) is 0. The third-order valence-corrected chi connectivity index (χ3v) is 1.57. The maximum absolute atomic E-state index is 2.21. The third-order valence-electron chi connectivity index (χ3n) is 1.57. The molecule has 0 radical (unpaired) electrons. The smallest absolute Gasteiger partial charge is 0.0313 e. The van der Waals surface area contributed by atoms with Gasteiger partial charge in [-0.3, -0.25) is 0 Å². The molecule has 0 rings (SSSR count). The van der Waals surface area contributed by atoms with E-state index < -0.39 is 0 Å². The molecule has 0 saturated carbocycles. The zero-order valence-electron chi connectivity index (χ0n) is 8.29. The van der Waals surface area contributed by atoms with Crippen LogP contribution >= 0.6 is 0 Å². The summed E-state index contributed by atoms with van der Waals surface area (Å²) < 4.78 is 0. The molecule has 0 aromatic heterocycles. The van der Waals surface area contributed by atoms with Crippen molar-refractivity contribution in [3.05, 3.63) is 36.5 Å². The van der Waals surface area contributed by atoms with Gasteiger partial charge in [-0.05, 0) is 26.2 Å². The van der Waals surface area contributed by atoms with Gasteiger partial charge in [-0.25, -0.2) is 0 Å². The van der Waals surface area contributed by atoms with Crippen molar-refractivity contribution in [3.63, 3.8) is 0 Å². The molecule has 0 aliphatic heterocycles. The van der Waals surface area contributed by atoms with Crippen molar-refractivity contribution in [2.45, 2.75) is 39.5 Å². The Morgan fingerprint density at radius 1 is 0.833 bits per heavy atom. The molecule has 0 atom stereocenters. The van der Waals surface area contributed by atoms with Gasteiger partial charge in [0.05, 0.1) is 0 Å². The monoisotopic (exact) mass is 164 g/mol. The van der Waals surface area contributed by atoms with Gasteiger partial charge in [0.1, 0.15) is 0 Å². The fourth-order valence-corrected chi connectivity index (χ4v) is 0.875. The Kier molecular flexibility index (Phi) is 9.56. The van der Waals surface area contributed by atoms with Crippen LogP contribution in [0.25, 0.3) is 0 Å². The van der Waals surface area contributed by atoms with Gasteiger partial charge in [0.2, 0.25) is 0 Å². The average molecular weight is 164 g/mol. The van der Waals surface area contributed by atoms with E-state index in [1.807, 2.05) is 0 Å². The lowest BCUT2D eigenvalue weighted by Crippen LogP contribution is -1.63. The average Bonchev–Trinajstić information content (AvgIpc) is 2.10.